The molecule has 124 valence electrons. The molecule has 0 fully saturated rings. The van der Waals surface area contributed by atoms with Gasteiger partial charge in [-0.3, -0.25) is 4.79 Å². The molecular weight excluding hydrogens is 314 g/mol. The molecular formula is C16H21N3O3S. The van der Waals surface area contributed by atoms with Crippen LogP contribution in [0.4, 0.5) is 5.00 Å². The molecule has 0 radical (unpaired) electrons. The molecule has 1 aromatic carbocycles. The van der Waals surface area contributed by atoms with E-state index in [0.717, 1.165) is 16.3 Å². The summed E-state index contributed by atoms with van der Waals surface area (Å²) in [6.45, 7) is 2.25. The third kappa shape index (κ3) is 3.39. The smallest absolute Gasteiger partial charge is 0.258 e. The van der Waals surface area contributed by atoms with Crippen molar-refractivity contribution in [3.63, 3.8) is 0 Å². The summed E-state index contributed by atoms with van der Waals surface area (Å²) in [5.74, 6) is 1.21. The molecule has 6 nitrogen and oxygen atoms in total. The maximum Gasteiger partial charge on any atom is 0.258 e. The second kappa shape index (κ2) is 7.32. The van der Waals surface area contributed by atoms with Crippen LogP contribution in [-0.4, -0.2) is 43.5 Å². The number of hydrogen-bond donors (Lipinski definition) is 1. The Bertz CT molecular complexity index is 700. The number of anilines is 1. The topological polar surface area (TPSA) is 63.7 Å². The Balaban J connectivity index is 2.27. The van der Waals surface area contributed by atoms with Crippen LogP contribution in [0.15, 0.2) is 18.2 Å². The van der Waals surface area contributed by atoms with Gasteiger partial charge in [-0.05, 0) is 24.5 Å². The zero-order valence-electron chi connectivity index (χ0n) is 14.0. The van der Waals surface area contributed by atoms with E-state index in [1.807, 2.05) is 25.1 Å². The van der Waals surface area contributed by atoms with Crippen molar-refractivity contribution in [1.29, 1.82) is 0 Å². The summed E-state index contributed by atoms with van der Waals surface area (Å²) in [5, 5.41) is 3.80. The predicted octanol–water partition coefficient (Wildman–Crippen LogP) is 2.78. The Labute approximate surface area is 140 Å². The predicted molar refractivity (Wildman–Crippen MR) is 91.7 cm³/mol. The van der Waals surface area contributed by atoms with Crippen molar-refractivity contribution in [2.45, 2.75) is 13.5 Å². The number of aromatic nitrogens is 1. The highest BCUT2D eigenvalue weighted by Gasteiger charge is 2.22. The number of rotatable bonds is 6. The molecule has 1 heterocycles. The van der Waals surface area contributed by atoms with Crippen LogP contribution in [0.25, 0.3) is 0 Å². The maximum atomic E-state index is 12.7. The Hall–Kier alpha value is -2.28. The number of hydrogen-bond acceptors (Lipinski definition) is 6. The summed E-state index contributed by atoms with van der Waals surface area (Å²) in [4.78, 5) is 14.4. The Kier molecular flexibility index (Phi) is 5.44. The lowest BCUT2D eigenvalue weighted by Gasteiger charge is -2.20. The van der Waals surface area contributed by atoms with E-state index in [0.29, 0.717) is 23.6 Å². The molecule has 7 heteroatoms. The molecule has 1 amide bonds. The highest BCUT2D eigenvalue weighted by molar-refractivity contribution is 7.10. The number of methoxy groups -OCH3 is 2. The number of aryl methyl sites for hydroxylation is 1. The normalized spacial score (nSPS) is 10.3. The quantitative estimate of drug-likeness (QED) is 0.879. The van der Waals surface area contributed by atoms with E-state index in [9.17, 15) is 4.79 Å². The lowest BCUT2D eigenvalue weighted by Crippen LogP contribution is -2.27. The Morgan fingerprint density at radius 1 is 1.35 bits per heavy atom. The third-order valence-electron chi connectivity index (χ3n) is 3.54. The second-order valence-corrected chi connectivity index (χ2v) is 5.81. The van der Waals surface area contributed by atoms with Gasteiger partial charge in [0.1, 0.15) is 5.00 Å². The first-order chi connectivity index (χ1) is 11.0. The summed E-state index contributed by atoms with van der Waals surface area (Å²) in [6.07, 6.45) is 0. The molecule has 0 aliphatic heterocycles. The summed E-state index contributed by atoms with van der Waals surface area (Å²) in [5.41, 5.74) is 2.23. The van der Waals surface area contributed by atoms with Crippen molar-refractivity contribution in [1.82, 2.24) is 9.27 Å². The summed E-state index contributed by atoms with van der Waals surface area (Å²) in [7, 11) is 6.73. The van der Waals surface area contributed by atoms with Gasteiger partial charge in [0.2, 0.25) is 0 Å². The Morgan fingerprint density at radius 3 is 2.70 bits per heavy atom. The van der Waals surface area contributed by atoms with Crippen molar-refractivity contribution in [3.05, 3.63) is 35.0 Å². The van der Waals surface area contributed by atoms with Crippen LogP contribution >= 0.6 is 11.5 Å². The number of nitrogens with zero attached hydrogens (tertiary/aromatic N) is 2. The minimum Gasteiger partial charge on any atom is -0.493 e. The number of carbonyl (C=O) groups is 1. The number of nitrogens with one attached hydrogen (secondary N) is 1. The molecule has 2 aromatic rings. The van der Waals surface area contributed by atoms with Gasteiger partial charge in [-0.2, -0.15) is 4.37 Å². The molecule has 1 N–H and O–H groups in total. The number of amides is 1. The summed E-state index contributed by atoms with van der Waals surface area (Å²) < 4.78 is 15.0. The average molecular weight is 335 g/mol. The van der Waals surface area contributed by atoms with Crippen molar-refractivity contribution in [2.24, 2.45) is 0 Å². The van der Waals surface area contributed by atoms with E-state index < -0.39 is 0 Å². The Morgan fingerprint density at radius 2 is 2.09 bits per heavy atom. The largest absolute Gasteiger partial charge is 0.493 e. The number of carbonyl (C=O) groups excluding carboxylic acids is 1. The second-order valence-electron chi connectivity index (χ2n) is 5.04. The number of ether oxygens (including phenoxy) is 2. The van der Waals surface area contributed by atoms with Crippen molar-refractivity contribution < 1.29 is 14.3 Å². The van der Waals surface area contributed by atoms with E-state index >= 15 is 0 Å². The minimum atomic E-state index is -0.0783. The van der Waals surface area contributed by atoms with Crippen LogP contribution in [0.5, 0.6) is 11.5 Å². The van der Waals surface area contributed by atoms with Gasteiger partial charge in [0.15, 0.2) is 11.5 Å². The van der Waals surface area contributed by atoms with Crippen LogP contribution in [0.1, 0.15) is 21.6 Å². The fraction of sp³-hybridized carbons (Fsp3) is 0.375. The summed E-state index contributed by atoms with van der Waals surface area (Å²) >= 11 is 1.29. The highest BCUT2D eigenvalue weighted by Crippen LogP contribution is 2.32. The van der Waals surface area contributed by atoms with E-state index in [2.05, 4.69) is 9.69 Å². The fourth-order valence-electron chi connectivity index (χ4n) is 2.39. The van der Waals surface area contributed by atoms with Crippen molar-refractivity contribution in [2.75, 3.05) is 33.6 Å². The molecule has 0 bridgehead atoms. The van der Waals surface area contributed by atoms with Gasteiger partial charge >= 0.3 is 0 Å². The fourth-order valence-corrected chi connectivity index (χ4v) is 3.13. The van der Waals surface area contributed by atoms with E-state index in [4.69, 9.17) is 9.47 Å². The molecule has 0 saturated heterocycles. The minimum absolute atomic E-state index is 0.0783. The molecule has 1 aromatic heterocycles. The standard InChI is InChI=1S/C16H21N3O3S/c1-10-13(15(17-2)23-18-10)16(20)19(3)9-11-7-6-8-12(21-4)14(11)22-5/h6-8,17H,9H2,1-5H3. The molecule has 0 saturated carbocycles. The lowest BCUT2D eigenvalue weighted by molar-refractivity contribution is 0.0784. The monoisotopic (exact) mass is 335 g/mol. The molecule has 23 heavy (non-hydrogen) atoms. The number of para-hydroxylation sites is 1. The first-order valence-corrected chi connectivity index (χ1v) is 7.90. The average Bonchev–Trinajstić information content (AvgIpc) is 2.94. The van der Waals surface area contributed by atoms with Crippen LogP contribution in [0, 0.1) is 6.92 Å². The van der Waals surface area contributed by atoms with Crippen LogP contribution < -0.4 is 14.8 Å². The van der Waals surface area contributed by atoms with Crippen LogP contribution in [-0.2, 0) is 6.54 Å². The lowest BCUT2D eigenvalue weighted by atomic mass is 10.1. The molecule has 0 unspecified atom stereocenters. The van der Waals surface area contributed by atoms with Crippen molar-refractivity contribution in [3.8, 4) is 11.5 Å². The molecule has 2 rings (SSSR count). The molecule has 0 aliphatic carbocycles. The molecule has 0 spiro atoms. The van der Waals surface area contributed by atoms with Gasteiger partial charge < -0.3 is 19.7 Å². The van der Waals surface area contributed by atoms with Gasteiger partial charge in [-0.1, -0.05) is 12.1 Å². The third-order valence-corrected chi connectivity index (χ3v) is 4.50. The first kappa shape index (κ1) is 17.1. The van der Waals surface area contributed by atoms with E-state index in [1.54, 1.807) is 33.2 Å². The van der Waals surface area contributed by atoms with E-state index in [-0.39, 0.29) is 5.91 Å². The molecule has 0 aliphatic rings. The highest BCUT2D eigenvalue weighted by atomic mass is 32.1. The number of benzene rings is 1. The van der Waals surface area contributed by atoms with E-state index in [1.165, 1.54) is 11.5 Å². The zero-order chi connectivity index (χ0) is 17.0. The van der Waals surface area contributed by atoms with Gasteiger partial charge in [-0.25, -0.2) is 0 Å². The SMILES string of the molecule is CNc1snc(C)c1C(=O)N(C)Cc1cccc(OC)c1OC. The zero-order valence-corrected chi connectivity index (χ0v) is 14.8. The summed E-state index contributed by atoms with van der Waals surface area (Å²) in [6, 6.07) is 5.63. The van der Waals surface area contributed by atoms with Crippen LogP contribution in [0.2, 0.25) is 0 Å². The van der Waals surface area contributed by atoms with Gasteiger partial charge in [0.25, 0.3) is 5.91 Å². The molecule has 0 atom stereocenters. The van der Waals surface area contributed by atoms with Crippen molar-refractivity contribution >= 4 is 22.4 Å². The van der Waals surface area contributed by atoms with Gasteiger partial charge in [-0.15, -0.1) is 0 Å². The van der Waals surface area contributed by atoms with Gasteiger partial charge in [0.05, 0.1) is 25.5 Å². The first-order valence-electron chi connectivity index (χ1n) is 7.12. The van der Waals surface area contributed by atoms with Crippen LogP contribution in [0.3, 0.4) is 0 Å². The maximum absolute atomic E-state index is 12.7. The van der Waals surface area contributed by atoms with Gasteiger partial charge in [0, 0.05) is 26.2 Å².